The molecule has 0 N–H and O–H groups in total. The van der Waals surface area contributed by atoms with Crippen LogP contribution in [0.1, 0.15) is 265 Å². The molecule has 0 unspecified atom stereocenters. The maximum atomic E-state index is 12.5. The molecule has 0 spiro atoms. The highest BCUT2D eigenvalue weighted by atomic mass is 16.6. The number of rotatable bonds is 43. The van der Waals surface area contributed by atoms with E-state index in [1.165, 1.54) is 154 Å². The smallest absolute Gasteiger partial charge is 0.306 e. The van der Waals surface area contributed by atoms with Crippen molar-refractivity contribution in [3.8, 4) is 0 Å². The normalized spacial score (nSPS) is 11.9. The van der Waals surface area contributed by atoms with Gasteiger partial charge in [0, 0.05) is 19.3 Å². The van der Waals surface area contributed by atoms with Crippen LogP contribution >= 0.6 is 0 Å². The zero-order valence-electron chi connectivity index (χ0n) is 36.7. The summed E-state index contributed by atoms with van der Waals surface area (Å²) in [5.41, 5.74) is 0. The molecule has 6 nitrogen and oxygen atoms in total. The molecule has 0 aromatic carbocycles. The second-order valence-corrected chi connectivity index (χ2v) is 16.9. The second-order valence-electron chi connectivity index (χ2n) is 16.9. The first-order valence-electron chi connectivity index (χ1n) is 23.9. The van der Waals surface area contributed by atoms with Gasteiger partial charge in [0.2, 0.25) is 0 Å². The fourth-order valence-corrected chi connectivity index (χ4v) is 7.16. The van der Waals surface area contributed by atoms with Gasteiger partial charge < -0.3 is 14.2 Å². The first-order chi connectivity index (χ1) is 26.4. The fourth-order valence-electron chi connectivity index (χ4n) is 7.16. The predicted octanol–water partition coefficient (Wildman–Crippen LogP) is 15.1. The zero-order valence-corrected chi connectivity index (χ0v) is 36.7. The molecule has 320 valence electrons. The van der Waals surface area contributed by atoms with Crippen LogP contribution in [0.4, 0.5) is 0 Å². The molecule has 0 amide bonds. The van der Waals surface area contributed by atoms with Gasteiger partial charge in [-0.2, -0.15) is 0 Å². The molecule has 0 saturated heterocycles. The van der Waals surface area contributed by atoms with E-state index in [9.17, 15) is 14.4 Å². The van der Waals surface area contributed by atoms with Crippen LogP contribution in [0.2, 0.25) is 0 Å². The monoisotopic (exact) mass is 765 g/mol. The molecule has 0 aromatic rings. The fraction of sp³-hybridized carbons (Fsp3) is 0.938. The number of hydrogen-bond donors (Lipinski definition) is 0. The van der Waals surface area contributed by atoms with E-state index in [4.69, 9.17) is 14.2 Å². The van der Waals surface area contributed by atoms with Crippen molar-refractivity contribution >= 4 is 17.9 Å². The molecule has 6 heteroatoms. The van der Waals surface area contributed by atoms with Crippen LogP contribution in [0.5, 0.6) is 0 Å². The van der Waals surface area contributed by atoms with Crippen LogP contribution in [-0.4, -0.2) is 37.2 Å². The van der Waals surface area contributed by atoms with Gasteiger partial charge in [0.1, 0.15) is 13.2 Å². The maximum absolute atomic E-state index is 12.5. The van der Waals surface area contributed by atoms with Crippen molar-refractivity contribution in [2.24, 2.45) is 5.92 Å². The van der Waals surface area contributed by atoms with Gasteiger partial charge in [-0.3, -0.25) is 14.4 Å². The molecule has 0 aliphatic heterocycles. The van der Waals surface area contributed by atoms with E-state index in [0.717, 1.165) is 70.1 Å². The molecule has 0 rings (SSSR count). The van der Waals surface area contributed by atoms with Gasteiger partial charge in [0.05, 0.1) is 0 Å². The van der Waals surface area contributed by atoms with Crippen molar-refractivity contribution in [2.45, 2.75) is 271 Å². The van der Waals surface area contributed by atoms with Crippen LogP contribution in [0.3, 0.4) is 0 Å². The van der Waals surface area contributed by atoms with E-state index in [1.54, 1.807) is 0 Å². The minimum atomic E-state index is -0.758. The minimum absolute atomic E-state index is 0.0648. The van der Waals surface area contributed by atoms with Crippen molar-refractivity contribution in [3.63, 3.8) is 0 Å². The largest absolute Gasteiger partial charge is 0.462 e. The Balaban J connectivity index is 4.10. The SMILES string of the molecule is CCCCCCCCCCCCCCCCCCC(=O)OC[C@H](COC(=O)CCCCCCCCCCCCCCC(C)C)OC(=O)CCCCCCC. The summed E-state index contributed by atoms with van der Waals surface area (Å²) >= 11 is 0. The van der Waals surface area contributed by atoms with Gasteiger partial charge >= 0.3 is 17.9 Å². The quantitative estimate of drug-likeness (QED) is 0.0349. The highest BCUT2D eigenvalue weighted by Crippen LogP contribution is 2.16. The Morgan fingerprint density at radius 1 is 0.352 bits per heavy atom. The second kappa shape index (κ2) is 42.6. The van der Waals surface area contributed by atoms with Crippen LogP contribution in [0, 0.1) is 5.92 Å². The lowest BCUT2D eigenvalue weighted by atomic mass is 10.0. The summed E-state index contributed by atoms with van der Waals surface area (Å²) in [7, 11) is 0. The average molecular weight is 765 g/mol. The van der Waals surface area contributed by atoms with Crippen molar-refractivity contribution in [2.75, 3.05) is 13.2 Å². The summed E-state index contributed by atoms with van der Waals surface area (Å²) in [6.07, 6.45) is 42.6. The van der Waals surface area contributed by atoms with Crippen LogP contribution in [0.15, 0.2) is 0 Å². The van der Waals surface area contributed by atoms with Gasteiger partial charge in [-0.05, 0) is 25.2 Å². The van der Waals surface area contributed by atoms with Gasteiger partial charge in [-0.15, -0.1) is 0 Å². The van der Waals surface area contributed by atoms with E-state index in [1.807, 2.05) is 0 Å². The van der Waals surface area contributed by atoms with Crippen LogP contribution in [0.25, 0.3) is 0 Å². The van der Waals surface area contributed by atoms with Gasteiger partial charge in [-0.1, -0.05) is 227 Å². The highest BCUT2D eigenvalue weighted by molar-refractivity contribution is 5.71. The Bertz CT molecular complexity index is 811. The molecule has 0 heterocycles. The number of hydrogen-bond acceptors (Lipinski definition) is 6. The molecule has 0 fully saturated rings. The average Bonchev–Trinajstić information content (AvgIpc) is 3.15. The standard InChI is InChI=1S/C48H92O6/c1-5-7-9-11-12-13-14-15-16-17-18-22-25-28-32-35-39-46(49)52-42-45(54-48(51)41-37-30-10-8-6-2)43-53-47(50)40-36-33-29-26-23-20-19-21-24-27-31-34-38-44(3)4/h44-45H,5-43H2,1-4H3/t45-/m1/s1. The van der Waals surface area contributed by atoms with Crippen molar-refractivity contribution in [1.29, 1.82) is 0 Å². The van der Waals surface area contributed by atoms with E-state index >= 15 is 0 Å². The molecule has 0 aliphatic carbocycles. The maximum Gasteiger partial charge on any atom is 0.306 e. The third kappa shape index (κ3) is 41.6. The number of carbonyl (C=O) groups excluding carboxylic acids is 3. The highest BCUT2D eigenvalue weighted by Gasteiger charge is 2.19. The van der Waals surface area contributed by atoms with Crippen LogP contribution < -0.4 is 0 Å². The summed E-state index contributed by atoms with van der Waals surface area (Å²) in [6.45, 7) is 8.93. The molecule has 0 saturated carbocycles. The number of carbonyl (C=O) groups is 3. The first-order valence-corrected chi connectivity index (χ1v) is 23.9. The third-order valence-electron chi connectivity index (χ3n) is 10.8. The van der Waals surface area contributed by atoms with E-state index in [0.29, 0.717) is 19.3 Å². The van der Waals surface area contributed by atoms with Crippen LogP contribution in [-0.2, 0) is 28.6 Å². The summed E-state index contributed by atoms with van der Waals surface area (Å²) < 4.78 is 16.6. The van der Waals surface area contributed by atoms with Gasteiger partial charge in [-0.25, -0.2) is 0 Å². The Hall–Kier alpha value is -1.59. The Labute approximate surface area is 336 Å². The zero-order chi connectivity index (χ0) is 39.6. The Kier molecular flexibility index (Phi) is 41.3. The molecule has 0 aromatic heterocycles. The lowest BCUT2D eigenvalue weighted by molar-refractivity contribution is -0.167. The molecular weight excluding hydrogens is 673 g/mol. The lowest BCUT2D eigenvalue weighted by Crippen LogP contribution is -2.30. The number of ether oxygens (including phenoxy) is 3. The molecule has 0 bridgehead atoms. The van der Waals surface area contributed by atoms with E-state index in [2.05, 4.69) is 27.7 Å². The van der Waals surface area contributed by atoms with E-state index in [-0.39, 0.29) is 31.1 Å². The van der Waals surface area contributed by atoms with Crippen molar-refractivity contribution < 1.29 is 28.6 Å². The predicted molar refractivity (Wildman–Crippen MR) is 229 cm³/mol. The summed E-state index contributed by atoms with van der Waals surface area (Å²) in [6, 6.07) is 0. The van der Waals surface area contributed by atoms with Crippen molar-refractivity contribution in [3.05, 3.63) is 0 Å². The Morgan fingerprint density at radius 3 is 0.907 bits per heavy atom. The minimum Gasteiger partial charge on any atom is -0.462 e. The molecule has 0 aliphatic rings. The summed E-state index contributed by atoms with van der Waals surface area (Å²) in [4.78, 5) is 37.5. The molecule has 1 atom stereocenters. The summed E-state index contributed by atoms with van der Waals surface area (Å²) in [5.74, 6) is -0.0313. The molecule has 0 radical (unpaired) electrons. The third-order valence-corrected chi connectivity index (χ3v) is 10.8. The summed E-state index contributed by atoms with van der Waals surface area (Å²) in [5, 5.41) is 0. The first kappa shape index (κ1) is 52.4. The lowest BCUT2D eigenvalue weighted by Gasteiger charge is -2.18. The van der Waals surface area contributed by atoms with E-state index < -0.39 is 6.10 Å². The number of esters is 3. The topological polar surface area (TPSA) is 78.9 Å². The van der Waals surface area contributed by atoms with Gasteiger partial charge in [0.25, 0.3) is 0 Å². The molecular formula is C48H92O6. The Morgan fingerprint density at radius 2 is 0.611 bits per heavy atom. The molecule has 54 heavy (non-hydrogen) atoms. The van der Waals surface area contributed by atoms with Gasteiger partial charge in [0.15, 0.2) is 6.10 Å². The van der Waals surface area contributed by atoms with Crippen molar-refractivity contribution in [1.82, 2.24) is 0 Å². The number of unbranched alkanes of at least 4 members (excludes halogenated alkanes) is 30.